The summed E-state index contributed by atoms with van der Waals surface area (Å²) in [6.07, 6.45) is 4.82. The number of carbonyl (C=O) groups is 1. The van der Waals surface area contributed by atoms with Crippen LogP contribution in [0.1, 0.15) is 10.4 Å². The molecule has 18 heavy (non-hydrogen) atoms. The highest BCUT2D eigenvalue weighted by molar-refractivity contribution is 6.03. The SMILES string of the molecule is CN(C)c1ccc(NC(=O)c2cnn(C)c2)cn1. The van der Waals surface area contributed by atoms with Crippen LogP contribution >= 0.6 is 0 Å². The minimum absolute atomic E-state index is 0.192. The van der Waals surface area contributed by atoms with Crippen LogP contribution in [0.3, 0.4) is 0 Å². The van der Waals surface area contributed by atoms with Crippen molar-refractivity contribution in [1.82, 2.24) is 14.8 Å². The monoisotopic (exact) mass is 245 g/mol. The maximum atomic E-state index is 11.8. The van der Waals surface area contributed by atoms with Gasteiger partial charge in [0.1, 0.15) is 5.82 Å². The molecule has 6 heteroatoms. The summed E-state index contributed by atoms with van der Waals surface area (Å²) in [6, 6.07) is 3.66. The summed E-state index contributed by atoms with van der Waals surface area (Å²) in [5, 5.41) is 6.71. The van der Waals surface area contributed by atoms with E-state index in [2.05, 4.69) is 15.4 Å². The highest BCUT2D eigenvalue weighted by Gasteiger charge is 2.08. The fourth-order valence-electron chi connectivity index (χ4n) is 1.47. The molecule has 2 aromatic rings. The van der Waals surface area contributed by atoms with Gasteiger partial charge in [0.15, 0.2) is 0 Å². The van der Waals surface area contributed by atoms with E-state index in [-0.39, 0.29) is 5.91 Å². The van der Waals surface area contributed by atoms with Crippen molar-refractivity contribution in [1.29, 1.82) is 0 Å². The summed E-state index contributed by atoms with van der Waals surface area (Å²) in [5.41, 5.74) is 1.18. The number of hydrogen-bond donors (Lipinski definition) is 1. The maximum absolute atomic E-state index is 11.8. The Labute approximate surface area is 105 Å². The minimum Gasteiger partial charge on any atom is -0.363 e. The van der Waals surface area contributed by atoms with Gasteiger partial charge >= 0.3 is 0 Å². The number of nitrogens with zero attached hydrogens (tertiary/aromatic N) is 4. The zero-order valence-corrected chi connectivity index (χ0v) is 10.6. The van der Waals surface area contributed by atoms with Gasteiger partial charge < -0.3 is 10.2 Å². The first kappa shape index (κ1) is 12.1. The van der Waals surface area contributed by atoms with Gasteiger partial charge in [0.05, 0.1) is 23.6 Å². The van der Waals surface area contributed by atoms with Crippen LogP contribution in [0, 0.1) is 0 Å². The van der Waals surface area contributed by atoms with E-state index in [1.54, 1.807) is 24.1 Å². The van der Waals surface area contributed by atoms with Crippen molar-refractivity contribution in [2.24, 2.45) is 7.05 Å². The van der Waals surface area contributed by atoms with E-state index in [0.29, 0.717) is 11.3 Å². The molecule has 0 atom stereocenters. The van der Waals surface area contributed by atoms with Gasteiger partial charge in [-0.3, -0.25) is 9.48 Å². The Hall–Kier alpha value is -2.37. The minimum atomic E-state index is -0.192. The molecule has 2 aromatic heterocycles. The number of aromatic nitrogens is 3. The van der Waals surface area contributed by atoms with Gasteiger partial charge in [-0.2, -0.15) is 5.10 Å². The normalized spacial score (nSPS) is 10.2. The molecule has 0 saturated heterocycles. The number of anilines is 2. The molecule has 0 aliphatic heterocycles. The number of rotatable bonds is 3. The van der Waals surface area contributed by atoms with Gasteiger partial charge in [0.25, 0.3) is 5.91 Å². The largest absolute Gasteiger partial charge is 0.363 e. The highest BCUT2D eigenvalue weighted by Crippen LogP contribution is 2.12. The van der Waals surface area contributed by atoms with Crippen LogP contribution in [0.4, 0.5) is 11.5 Å². The first-order valence-corrected chi connectivity index (χ1v) is 5.49. The molecular formula is C12H15N5O. The third-order valence-electron chi connectivity index (χ3n) is 2.43. The van der Waals surface area contributed by atoms with E-state index >= 15 is 0 Å². The quantitative estimate of drug-likeness (QED) is 0.880. The number of amides is 1. The molecule has 2 heterocycles. The second-order valence-corrected chi connectivity index (χ2v) is 4.16. The lowest BCUT2D eigenvalue weighted by atomic mass is 10.3. The zero-order chi connectivity index (χ0) is 13.1. The smallest absolute Gasteiger partial charge is 0.258 e. The molecule has 0 saturated carbocycles. The van der Waals surface area contributed by atoms with Gasteiger partial charge in [-0.1, -0.05) is 0 Å². The van der Waals surface area contributed by atoms with Crippen LogP contribution in [-0.2, 0) is 7.05 Å². The number of pyridine rings is 1. The van der Waals surface area contributed by atoms with Gasteiger partial charge in [0, 0.05) is 27.3 Å². The van der Waals surface area contributed by atoms with Crippen molar-refractivity contribution in [3.8, 4) is 0 Å². The Morgan fingerprint density at radius 1 is 1.33 bits per heavy atom. The Bertz CT molecular complexity index is 544. The van der Waals surface area contributed by atoms with E-state index in [1.807, 2.05) is 31.1 Å². The highest BCUT2D eigenvalue weighted by atomic mass is 16.1. The van der Waals surface area contributed by atoms with E-state index in [4.69, 9.17) is 0 Å². The first-order valence-electron chi connectivity index (χ1n) is 5.49. The summed E-state index contributed by atoms with van der Waals surface area (Å²) in [5.74, 6) is 0.650. The fourth-order valence-corrected chi connectivity index (χ4v) is 1.47. The molecule has 0 spiro atoms. The third kappa shape index (κ3) is 2.65. The predicted molar refractivity (Wildman–Crippen MR) is 69.7 cm³/mol. The van der Waals surface area contributed by atoms with E-state index < -0.39 is 0 Å². The maximum Gasteiger partial charge on any atom is 0.258 e. The average Bonchev–Trinajstić information content (AvgIpc) is 2.76. The van der Waals surface area contributed by atoms with Crippen molar-refractivity contribution in [2.45, 2.75) is 0 Å². The Morgan fingerprint density at radius 2 is 2.11 bits per heavy atom. The second-order valence-electron chi connectivity index (χ2n) is 4.16. The lowest BCUT2D eigenvalue weighted by Gasteiger charge is -2.11. The molecular weight excluding hydrogens is 230 g/mol. The van der Waals surface area contributed by atoms with Crippen LogP contribution in [0.15, 0.2) is 30.7 Å². The Kier molecular flexibility index (Phi) is 3.27. The third-order valence-corrected chi connectivity index (χ3v) is 2.43. The number of hydrogen-bond acceptors (Lipinski definition) is 4. The van der Waals surface area contributed by atoms with Crippen molar-refractivity contribution < 1.29 is 4.79 Å². The van der Waals surface area contributed by atoms with Crippen molar-refractivity contribution in [3.05, 3.63) is 36.3 Å². The lowest BCUT2D eigenvalue weighted by molar-refractivity contribution is 0.102. The molecule has 0 aliphatic rings. The van der Waals surface area contributed by atoms with Gasteiger partial charge in [-0.05, 0) is 12.1 Å². The summed E-state index contributed by atoms with van der Waals surface area (Å²) in [4.78, 5) is 18.0. The number of aryl methyl sites for hydroxylation is 1. The fraction of sp³-hybridized carbons (Fsp3) is 0.250. The molecule has 6 nitrogen and oxygen atoms in total. The first-order chi connectivity index (χ1) is 8.56. The summed E-state index contributed by atoms with van der Waals surface area (Å²) in [7, 11) is 5.59. The van der Waals surface area contributed by atoms with E-state index in [0.717, 1.165) is 5.82 Å². The Morgan fingerprint density at radius 3 is 2.61 bits per heavy atom. The lowest BCUT2D eigenvalue weighted by Crippen LogP contribution is -2.13. The standard InChI is InChI=1S/C12H15N5O/c1-16(2)11-5-4-10(7-13-11)15-12(18)9-6-14-17(3)8-9/h4-8H,1-3H3,(H,15,18). The molecule has 0 aromatic carbocycles. The van der Waals surface area contributed by atoms with Crippen molar-refractivity contribution in [2.75, 3.05) is 24.3 Å². The molecule has 1 amide bonds. The number of carbonyl (C=O) groups excluding carboxylic acids is 1. The van der Waals surface area contributed by atoms with Gasteiger partial charge in [0.2, 0.25) is 0 Å². The molecule has 0 fully saturated rings. The van der Waals surface area contributed by atoms with E-state index in [9.17, 15) is 4.79 Å². The summed E-state index contributed by atoms with van der Waals surface area (Å²) in [6.45, 7) is 0. The van der Waals surface area contributed by atoms with Crippen LogP contribution in [0.25, 0.3) is 0 Å². The molecule has 0 radical (unpaired) electrons. The van der Waals surface area contributed by atoms with Crippen molar-refractivity contribution in [3.63, 3.8) is 0 Å². The molecule has 94 valence electrons. The molecule has 0 bridgehead atoms. The van der Waals surface area contributed by atoms with Crippen LogP contribution in [-0.4, -0.2) is 34.8 Å². The molecule has 0 aliphatic carbocycles. The molecule has 1 N–H and O–H groups in total. The van der Waals surface area contributed by atoms with E-state index in [1.165, 1.54) is 6.20 Å². The van der Waals surface area contributed by atoms with Crippen LogP contribution in [0.5, 0.6) is 0 Å². The topological polar surface area (TPSA) is 63.1 Å². The van der Waals surface area contributed by atoms with Crippen LogP contribution < -0.4 is 10.2 Å². The second kappa shape index (κ2) is 4.87. The Balaban J connectivity index is 2.07. The van der Waals surface area contributed by atoms with Gasteiger partial charge in [-0.15, -0.1) is 0 Å². The summed E-state index contributed by atoms with van der Waals surface area (Å²) >= 11 is 0. The van der Waals surface area contributed by atoms with Gasteiger partial charge in [-0.25, -0.2) is 4.98 Å². The van der Waals surface area contributed by atoms with Crippen molar-refractivity contribution >= 4 is 17.4 Å². The molecule has 2 rings (SSSR count). The van der Waals surface area contributed by atoms with Crippen LogP contribution in [0.2, 0.25) is 0 Å². The number of nitrogens with one attached hydrogen (secondary N) is 1. The zero-order valence-electron chi connectivity index (χ0n) is 10.6. The average molecular weight is 245 g/mol. The molecule has 0 unspecified atom stereocenters. The predicted octanol–water partition coefficient (Wildman–Crippen LogP) is 1.13. The summed E-state index contributed by atoms with van der Waals surface area (Å²) < 4.78 is 1.59.